The van der Waals surface area contributed by atoms with E-state index in [0.29, 0.717) is 18.2 Å². The van der Waals surface area contributed by atoms with Crippen molar-refractivity contribution in [3.63, 3.8) is 0 Å². The number of hydrogen-bond acceptors (Lipinski definition) is 3. The molecule has 0 bridgehead atoms. The van der Waals surface area contributed by atoms with Crippen LogP contribution in [0, 0.1) is 0 Å². The fraction of sp³-hybridized carbons (Fsp3) is 0.0196. The summed E-state index contributed by atoms with van der Waals surface area (Å²) in [6.07, 6.45) is 0. The lowest BCUT2D eigenvalue weighted by Crippen LogP contribution is -2.16. The lowest BCUT2D eigenvalue weighted by atomic mass is 9.92. The maximum absolute atomic E-state index is 6.52. The Morgan fingerprint density at radius 3 is 1.75 bits per heavy atom. The lowest BCUT2D eigenvalue weighted by molar-refractivity contribution is 1.08. The van der Waals surface area contributed by atoms with Gasteiger partial charge in [0.1, 0.15) is 5.84 Å². The summed E-state index contributed by atoms with van der Waals surface area (Å²) in [4.78, 5) is 9.96. The fourth-order valence-corrected chi connectivity index (χ4v) is 11.0. The smallest absolute Gasteiger partial charge is 0.157 e. The van der Waals surface area contributed by atoms with Crippen molar-refractivity contribution in [1.82, 2.24) is 0 Å². The van der Waals surface area contributed by atoms with E-state index < -0.39 is 0 Å². The predicted octanol–water partition coefficient (Wildman–Crippen LogP) is 13.9. The Hall–Kier alpha value is -6.66. The summed E-state index contributed by atoms with van der Waals surface area (Å²) < 4.78 is 5.21. The molecule has 56 heavy (non-hydrogen) atoms. The molecule has 11 rings (SSSR count). The molecule has 2 aromatic heterocycles. The van der Waals surface area contributed by atoms with E-state index in [0.717, 1.165) is 11.1 Å². The van der Waals surface area contributed by atoms with Crippen LogP contribution in [0.5, 0.6) is 0 Å². The predicted molar refractivity (Wildman–Crippen MR) is 244 cm³/mol. The molecule has 2 N–H and O–H groups in total. The maximum Gasteiger partial charge on any atom is 0.157 e. The van der Waals surface area contributed by atoms with E-state index in [2.05, 4.69) is 115 Å². The Bertz CT molecular complexity index is 3360. The molecule has 0 aliphatic heterocycles. The van der Waals surface area contributed by atoms with Crippen LogP contribution >= 0.6 is 22.7 Å². The zero-order chi connectivity index (χ0) is 37.2. The minimum absolute atomic E-state index is 0.449. The molecule has 9 aromatic carbocycles. The third kappa shape index (κ3) is 5.31. The number of nitrogens with zero attached hydrogens (tertiary/aromatic N) is 2. The molecule has 0 spiro atoms. The summed E-state index contributed by atoms with van der Waals surface area (Å²) in [5.74, 6) is 1.07. The van der Waals surface area contributed by atoms with Gasteiger partial charge in [0.2, 0.25) is 0 Å². The minimum Gasteiger partial charge on any atom is -0.383 e. The Balaban J connectivity index is 1.05. The molecule has 0 aliphatic rings. The van der Waals surface area contributed by atoms with E-state index >= 15 is 0 Å². The van der Waals surface area contributed by atoms with Crippen molar-refractivity contribution in [2.75, 3.05) is 0 Å². The Kier molecular flexibility index (Phi) is 7.76. The van der Waals surface area contributed by atoms with Gasteiger partial charge < -0.3 is 5.73 Å². The van der Waals surface area contributed by atoms with Gasteiger partial charge in [0.15, 0.2) is 5.84 Å². The van der Waals surface area contributed by atoms with Crippen molar-refractivity contribution in [3.8, 4) is 11.1 Å². The van der Waals surface area contributed by atoms with Crippen molar-refractivity contribution in [2.45, 2.75) is 6.54 Å². The summed E-state index contributed by atoms with van der Waals surface area (Å²) in [7, 11) is 0. The molecule has 0 radical (unpaired) electrons. The number of hydrogen-bond donors (Lipinski definition) is 1. The van der Waals surface area contributed by atoms with Gasteiger partial charge in [0.25, 0.3) is 0 Å². The normalized spacial score (nSPS) is 12.6. The van der Waals surface area contributed by atoms with Crippen molar-refractivity contribution >= 4 is 107 Å². The number of thiophene rings is 2. The molecular weight excluding hydrogens is 719 g/mol. The molecule has 3 nitrogen and oxygen atoms in total. The number of benzene rings is 9. The summed E-state index contributed by atoms with van der Waals surface area (Å²) in [5, 5.41) is 13.0. The van der Waals surface area contributed by atoms with Crippen LogP contribution in [0.25, 0.3) is 83.8 Å². The van der Waals surface area contributed by atoms with E-state index in [4.69, 9.17) is 15.7 Å². The van der Waals surface area contributed by atoms with Crippen LogP contribution in [-0.2, 0) is 6.54 Å². The highest BCUT2D eigenvalue weighted by Gasteiger charge is 2.18. The topological polar surface area (TPSA) is 50.7 Å². The van der Waals surface area contributed by atoms with Gasteiger partial charge in [-0.05, 0) is 61.1 Å². The second kappa shape index (κ2) is 13.3. The van der Waals surface area contributed by atoms with E-state index in [9.17, 15) is 0 Å². The number of fused-ring (bicyclic) bond motifs is 13. The van der Waals surface area contributed by atoms with Crippen molar-refractivity contribution in [3.05, 3.63) is 193 Å². The summed E-state index contributed by atoms with van der Waals surface area (Å²) >= 11 is 3.78. The van der Waals surface area contributed by atoms with Gasteiger partial charge in [-0.25, -0.2) is 4.99 Å². The monoisotopic (exact) mass is 751 g/mol. The average Bonchev–Trinajstić information content (AvgIpc) is 3.85. The molecule has 11 aromatic rings. The molecule has 5 heteroatoms. The SMILES string of the molecule is NC(=NC(=NCc1cccc2c1sc1c2ccc2sc3c(-c4ccc5c6ccccc6c6ccccc6c5c4)cccc3c21)c1ccccc1)c1ccccc1. The lowest BCUT2D eigenvalue weighted by Gasteiger charge is -2.12. The van der Waals surface area contributed by atoms with Gasteiger partial charge in [-0.3, -0.25) is 4.99 Å². The zero-order valence-electron chi connectivity index (χ0n) is 30.2. The van der Waals surface area contributed by atoms with Crippen molar-refractivity contribution in [2.24, 2.45) is 15.7 Å². The third-order valence-electron chi connectivity index (χ3n) is 11.0. The average molecular weight is 752 g/mol. The molecule has 0 aliphatic carbocycles. The van der Waals surface area contributed by atoms with Crippen LogP contribution in [0.15, 0.2) is 186 Å². The van der Waals surface area contributed by atoms with Crippen LogP contribution < -0.4 is 5.73 Å². The molecular formula is C51H33N3S2. The third-order valence-corrected chi connectivity index (χ3v) is 13.5. The van der Waals surface area contributed by atoms with E-state index in [-0.39, 0.29) is 0 Å². The highest BCUT2D eigenvalue weighted by molar-refractivity contribution is 7.30. The van der Waals surface area contributed by atoms with E-state index in [1.54, 1.807) is 0 Å². The van der Waals surface area contributed by atoms with Gasteiger partial charge in [-0.2, -0.15) is 0 Å². The Morgan fingerprint density at radius 2 is 1.02 bits per heavy atom. The second-order valence-electron chi connectivity index (χ2n) is 14.2. The summed E-state index contributed by atoms with van der Waals surface area (Å²) in [6, 6.07) is 62.7. The van der Waals surface area contributed by atoms with Crippen LogP contribution in [0.3, 0.4) is 0 Å². The molecule has 2 heterocycles. The van der Waals surface area contributed by atoms with Crippen molar-refractivity contribution in [1.29, 1.82) is 0 Å². The molecule has 0 fully saturated rings. The van der Waals surface area contributed by atoms with E-state index in [1.165, 1.54) is 89.4 Å². The highest BCUT2D eigenvalue weighted by Crippen LogP contribution is 2.48. The minimum atomic E-state index is 0.449. The van der Waals surface area contributed by atoms with Crippen LogP contribution in [0.4, 0.5) is 0 Å². The van der Waals surface area contributed by atoms with Gasteiger partial charge in [-0.1, -0.05) is 164 Å². The van der Waals surface area contributed by atoms with Crippen molar-refractivity contribution < 1.29 is 0 Å². The number of aliphatic imine (C=N–C) groups is 2. The second-order valence-corrected chi connectivity index (χ2v) is 16.3. The number of amidine groups is 2. The molecule has 264 valence electrons. The van der Waals surface area contributed by atoms with Crippen LogP contribution in [-0.4, -0.2) is 11.7 Å². The first kappa shape index (κ1) is 32.7. The molecule has 0 atom stereocenters. The summed E-state index contributed by atoms with van der Waals surface area (Å²) in [6.45, 7) is 0.490. The number of nitrogens with two attached hydrogens (primary N) is 1. The zero-order valence-corrected chi connectivity index (χ0v) is 31.9. The maximum atomic E-state index is 6.52. The first-order valence-corrected chi connectivity index (χ1v) is 20.4. The highest BCUT2D eigenvalue weighted by atomic mass is 32.1. The van der Waals surface area contributed by atoms with Gasteiger partial charge in [-0.15, -0.1) is 22.7 Å². The molecule has 0 saturated carbocycles. The van der Waals surface area contributed by atoms with E-state index in [1.807, 2.05) is 83.3 Å². The largest absolute Gasteiger partial charge is 0.383 e. The Morgan fingerprint density at radius 1 is 0.446 bits per heavy atom. The first-order chi connectivity index (χ1) is 27.7. The van der Waals surface area contributed by atoms with Crippen LogP contribution in [0.2, 0.25) is 0 Å². The standard InChI is InChI=1S/C51H33N3S2/c52-50(31-13-3-1-4-14-31)54-51(32-15-5-2-6-16-32)53-30-34-17-11-23-41-42-27-28-45-46(49(42)56-47(34)41)43-24-12-22-35(48(43)55-45)33-25-26-40-38-20-8-7-18-36(38)37-19-9-10-21-39(37)44(40)29-33/h1-29H,30H2,(H2,52,53,54). The molecule has 0 unspecified atom stereocenters. The van der Waals surface area contributed by atoms with Crippen LogP contribution in [0.1, 0.15) is 16.7 Å². The molecule has 0 saturated heterocycles. The fourth-order valence-electron chi connectivity index (χ4n) is 8.35. The Labute approximate surface area is 331 Å². The van der Waals surface area contributed by atoms with Gasteiger partial charge >= 0.3 is 0 Å². The van der Waals surface area contributed by atoms with Gasteiger partial charge in [0.05, 0.1) is 6.54 Å². The number of rotatable bonds is 5. The van der Waals surface area contributed by atoms with Gasteiger partial charge in [0, 0.05) is 51.5 Å². The first-order valence-electron chi connectivity index (χ1n) is 18.8. The summed E-state index contributed by atoms with van der Waals surface area (Å²) in [5.41, 5.74) is 12.0. The molecule has 0 amide bonds. The quantitative estimate of drug-likeness (QED) is 0.106.